The highest BCUT2D eigenvalue weighted by molar-refractivity contribution is 6.04. The first-order chi connectivity index (χ1) is 16.7. The number of carbonyl (C=O) groups is 1. The lowest BCUT2D eigenvalue weighted by molar-refractivity contribution is 0.102. The van der Waals surface area contributed by atoms with E-state index in [4.69, 9.17) is 4.74 Å². The van der Waals surface area contributed by atoms with E-state index in [1.165, 1.54) is 6.07 Å². The number of amides is 1. The first-order valence-corrected chi connectivity index (χ1v) is 11.3. The molecule has 0 saturated heterocycles. The van der Waals surface area contributed by atoms with E-state index in [0.717, 1.165) is 43.6 Å². The molecule has 1 N–H and O–H groups in total. The first kappa shape index (κ1) is 21.8. The molecule has 0 saturated carbocycles. The van der Waals surface area contributed by atoms with Crippen LogP contribution in [0.5, 0.6) is 5.75 Å². The van der Waals surface area contributed by atoms with Crippen LogP contribution in [0, 0.1) is 5.82 Å². The van der Waals surface area contributed by atoms with Gasteiger partial charge in [-0.05, 0) is 55.3 Å². The standard InChI is InChI=1S/C26H24FN5O2/c27-22-11-10-19(25-31-30-24-9-2-1-3-13-32(24)25)15-23(22)29-26(33)20-7-4-8-21(14-20)34-17-18-6-5-12-28-16-18/h4-8,10-12,14-16H,1-3,9,13,17H2,(H,29,33). The Bertz CT molecular complexity index is 1310. The van der Waals surface area contributed by atoms with Gasteiger partial charge in [-0.25, -0.2) is 4.39 Å². The van der Waals surface area contributed by atoms with Gasteiger partial charge in [0, 0.05) is 42.0 Å². The van der Waals surface area contributed by atoms with Crippen molar-refractivity contribution in [2.45, 2.75) is 38.8 Å². The number of rotatable bonds is 6. The lowest BCUT2D eigenvalue weighted by Crippen LogP contribution is -2.13. The zero-order valence-electron chi connectivity index (χ0n) is 18.6. The third kappa shape index (κ3) is 4.80. The highest BCUT2D eigenvalue weighted by Gasteiger charge is 2.18. The molecule has 172 valence electrons. The highest BCUT2D eigenvalue weighted by atomic mass is 19.1. The minimum absolute atomic E-state index is 0.0927. The summed E-state index contributed by atoms with van der Waals surface area (Å²) in [7, 11) is 0. The third-order valence-corrected chi connectivity index (χ3v) is 5.81. The molecule has 2 aromatic heterocycles. The predicted molar refractivity (Wildman–Crippen MR) is 126 cm³/mol. The van der Waals surface area contributed by atoms with Crippen LogP contribution < -0.4 is 10.1 Å². The molecule has 1 aliphatic heterocycles. The van der Waals surface area contributed by atoms with Gasteiger partial charge in [0.25, 0.3) is 5.91 Å². The van der Waals surface area contributed by atoms with Gasteiger partial charge in [-0.15, -0.1) is 10.2 Å². The van der Waals surface area contributed by atoms with Crippen LogP contribution in [0.15, 0.2) is 67.0 Å². The summed E-state index contributed by atoms with van der Waals surface area (Å²) in [5, 5.41) is 11.3. The number of ether oxygens (including phenoxy) is 1. The summed E-state index contributed by atoms with van der Waals surface area (Å²) >= 11 is 0. The molecule has 0 fully saturated rings. The summed E-state index contributed by atoms with van der Waals surface area (Å²) in [6.07, 6.45) is 7.60. The van der Waals surface area contributed by atoms with Crippen LogP contribution >= 0.6 is 0 Å². The average molecular weight is 458 g/mol. The summed E-state index contributed by atoms with van der Waals surface area (Å²) < 4.78 is 22.5. The van der Waals surface area contributed by atoms with Crippen LogP contribution in [0.3, 0.4) is 0 Å². The smallest absolute Gasteiger partial charge is 0.255 e. The summed E-state index contributed by atoms with van der Waals surface area (Å²) in [6.45, 7) is 1.17. The molecule has 0 aliphatic carbocycles. The van der Waals surface area contributed by atoms with E-state index in [-0.39, 0.29) is 5.69 Å². The van der Waals surface area contributed by atoms with Gasteiger partial charge in [0.2, 0.25) is 0 Å². The maximum Gasteiger partial charge on any atom is 0.255 e. The molecule has 7 nitrogen and oxygen atoms in total. The Balaban J connectivity index is 1.33. The van der Waals surface area contributed by atoms with Crippen molar-refractivity contribution in [3.63, 3.8) is 0 Å². The van der Waals surface area contributed by atoms with Crippen LogP contribution in [0.2, 0.25) is 0 Å². The maximum absolute atomic E-state index is 14.6. The van der Waals surface area contributed by atoms with Gasteiger partial charge in [0.15, 0.2) is 5.82 Å². The van der Waals surface area contributed by atoms with Crippen LogP contribution in [0.25, 0.3) is 11.4 Å². The monoisotopic (exact) mass is 457 g/mol. The third-order valence-electron chi connectivity index (χ3n) is 5.81. The van der Waals surface area contributed by atoms with Crippen molar-refractivity contribution in [1.82, 2.24) is 19.7 Å². The van der Waals surface area contributed by atoms with E-state index >= 15 is 0 Å². The molecular weight excluding hydrogens is 433 g/mol. The first-order valence-electron chi connectivity index (χ1n) is 11.3. The van der Waals surface area contributed by atoms with Gasteiger partial charge < -0.3 is 14.6 Å². The predicted octanol–water partition coefficient (Wildman–Crippen LogP) is 5.04. The van der Waals surface area contributed by atoms with Gasteiger partial charge in [-0.1, -0.05) is 18.6 Å². The number of aromatic nitrogens is 4. The van der Waals surface area contributed by atoms with E-state index in [1.54, 1.807) is 48.8 Å². The number of fused-ring (bicyclic) bond motifs is 1. The molecule has 0 atom stereocenters. The number of halogens is 1. The number of anilines is 1. The lowest BCUT2D eigenvalue weighted by atomic mass is 10.1. The number of hydrogen-bond donors (Lipinski definition) is 1. The van der Waals surface area contributed by atoms with Crippen molar-refractivity contribution in [3.05, 3.63) is 89.8 Å². The Hall–Kier alpha value is -4.07. The molecule has 1 aliphatic rings. The molecule has 34 heavy (non-hydrogen) atoms. The summed E-state index contributed by atoms with van der Waals surface area (Å²) in [4.78, 5) is 17.0. The van der Waals surface area contributed by atoms with Crippen molar-refractivity contribution >= 4 is 11.6 Å². The number of hydrogen-bond acceptors (Lipinski definition) is 5. The number of nitrogens with one attached hydrogen (secondary N) is 1. The van der Waals surface area contributed by atoms with Gasteiger partial charge in [0.05, 0.1) is 5.69 Å². The molecule has 0 bridgehead atoms. The fraction of sp³-hybridized carbons (Fsp3) is 0.231. The van der Waals surface area contributed by atoms with E-state index < -0.39 is 11.7 Å². The minimum Gasteiger partial charge on any atom is -0.489 e. The van der Waals surface area contributed by atoms with Crippen molar-refractivity contribution < 1.29 is 13.9 Å². The SMILES string of the molecule is O=C(Nc1cc(-c2nnc3n2CCCCC3)ccc1F)c1cccc(OCc2cccnc2)c1. The lowest BCUT2D eigenvalue weighted by Gasteiger charge is -2.11. The van der Waals surface area contributed by atoms with Gasteiger partial charge >= 0.3 is 0 Å². The Kier molecular flexibility index (Phi) is 6.29. The Morgan fingerprint density at radius 2 is 2.00 bits per heavy atom. The van der Waals surface area contributed by atoms with Crippen molar-refractivity contribution in [2.75, 3.05) is 5.32 Å². The second-order valence-corrected chi connectivity index (χ2v) is 8.23. The zero-order valence-corrected chi connectivity index (χ0v) is 18.6. The van der Waals surface area contributed by atoms with Crippen molar-refractivity contribution in [2.24, 2.45) is 0 Å². The largest absolute Gasteiger partial charge is 0.489 e. The van der Waals surface area contributed by atoms with E-state index in [0.29, 0.717) is 29.3 Å². The molecule has 2 aromatic carbocycles. The van der Waals surface area contributed by atoms with Crippen LogP contribution in [0.1, 0.15) is 41.0 Å². The number of benzene rings is 2. The summed E-state index contributed by atoms with van der Waals surface area (Å²) in [5.41, 5.74) is 2.09. The number of aryl methyl sites for hydroxylation is 1. The summed E-state index contributed by atoms with van der Waals surface area (Å²) in [6, 6.07) is 15.2. The average Bonchev–Trinajstić information content (AvgIpc) is 3.12. The quantitative estimate of drug-likeness (QED) is 0.439. The van der Waals surface area contributed by atoms with E-state index in [1.807, 2.05) is 12.1 Å². The summed E-state index contributed by atoms with van der Waals surface area (Å²) in [5.74, 6) is 1.24. The highest BCUT2D eigenvalue weighted by Crippen LogP contribution is 2.27. The molecule has 8 heteroatoms. The molecule has 0 radical (unpaired) electrons. The normalized spacial score (nSPS) is 13.1. The fourth-order valence-corrected chi connectivity index (χ4v) is 4.03. The van der Waals surface area contributed by atoms with Gasteiger partial charge in [-0.2, -0.15) is 0 Å². The number of nitrogens with zero attached hydrogens (tertiary/aromatic N) is 4. The number of pyridine rings is 1. The molecule has 0 spiro atoms. The van der Waals surface area contributed by atoms with E-state index in [9.17, 15) is 9.18 Å². The topological polar surface area (TPSA) is 81.9 Å². The fourth-order valence-electron chi connectivity index (χ4n) is 4.03. The number of carbonyl (C=O) groups excluding carboxylic acids is 1. The van der Waals surface area contributed by atoms with Crippen molar-refractivity contribution in [3.8, 4) is 17.1 Å². The maximum atomic E-state index is 14.6. The molecule has 5 rings (SSSR count). The Morgan fingerprint density at radius 1 is 1.06 bits per heavy atom. The van der Waals surface area contributed by atoms with Gasteiger partial charge in [0.1, 0.15) is 24.0 Å². The van der Waals surface area contributed by atoms with E-state index in [2.05, 4.69) is 25.1 Å². The Morgan fingerprint density at radius 3 is 2.88 bits per heavy atom. The van der Waals surface area contributed by atoms with Crippen LogP contribution in [-0.2, 0) is 19.6 Å². The van der Waals surface area contributed by atoms with Crippen LogP contribution in [-0.4, -0.2) is 25.7 Å². The second-order valence-electron chi connectivity index (χ2n) is 8.23. The molecule has 3 heterocycles. The molecule has 1 amide bonds. The van der Waals surface area contributed by atoms with Gasteiger partial charge in [-0.3, -0.25) is 9.78 Å². The minimum atomic E-state index is -0.517. The van der Waals surface area contributed by atoms with Crippen molar-refractivity contribution in [1.29, 1.82) is 0 Å². The Labute approximate surface area is 196 Å². The molecule has 0 unspecified atom stereocenters. The second kappa shape index (κ2) is 9.82. The van der Waals surface area contributed by atoms with Crippen LogP contribution in [0.4, 0.5) is 10.1 Å². The molecule has 4 aromatic rings. The zero-order chi connectivity index (χ0) is 23.3. The molecular formula is C26H24FN5O2.